The van der Waals surface area contributed by atoms with Crippen LogP contribution in [0.1, 0.15) is 53.4 Å². The maximum atomic E-state index is 12.6. The van der Waals surface area contributed by atoms with E-state index in [1.54, 1.807) is 4.90 Å². The van der Waals surface area contributed by atoms with Gasteiger partial charge in [-0.15, -0.1) is 0 Å². The highest BCUT2D eigenvalue weighted by Crippen LogP contribution is 2.45. The Morgan fingerprint density at radius 2 is 1.90 bits per heavy atom. The van der Waals surface area contributed by atoms with E-state index < -0.39 is 9.70 Å². The van der Waals surface area contributed by atoms with Crippen LogP contribution < -0.4 is 0 Å². The predicted molar refractivity (Wildman–Crippen MR) is 89.6 cm³/mol. The van der Waals surface area contributed by atoms with E-state index in [2.05, 4.69) is 27.7 Å². The zero-order chi connectivity index (χ0) is 16.0. The maximum Gasteiger partial charge on any atom is 0.278 e. The molecular weight excluding hydrogens is 329 g/mol. The first-order valence-electron chi connectivity index (χ1n) is 7.59. The second-order valence-corrected chi connectivity index (χ2v) is 9.71. The van der Waals surface area contributed by atoms with Crippen molar-refractivity contribution in [3.8, 4) is 0 Å². The molecule has 1 unspecified atom stereocenters. The summed E-state index contributed by atoms with van der Waals surface area (Å²) < 4.78 is -1.88. The molecule has 2 aliphatic carbocycles. The lowest BCUT2D eigenvalue weighted by atomic mass is 9.71. The average Bonchev–Trinajstić information content (AvgIpc) is 3.12. The lowest BCUT2D eigenvalue weighted by Crippen LogP contribution is -2.43. The third-order valence-corrected chi connectivity index (χ3v) is 5.14. The van der Waals surface area contributed by atoms with Crippen LogP contribution >= 0.6 is 34.8 Å². The normalized spacial score (nSPS) is 26.0. The minimum absolute atomic E-state index is 0.171. The first-order valence-corrected chi connectivity index (χ1v) is 8.73. The van der Waals surface area contributed by atoms with Crippen molar-refractivity contribution in [3.05, 3.63) is 11.3 Å². The molecule has 1 saturated carbocycles. The van der Waals surface area contributed by atoms with Crippen LogP contribution in [0.4, 0.5) is 0 Å². The van der Waals surface area contributed by atoms with Crippen molar-refractivity contribution in [2.75, 3.05) is 6.54 Å². The Hall–Kier alpha value is 0.0800. The molecular formula is C16H24Cl3NO. The molecule has 0 radical (unpaired) electrons. The van der Waals surface area contributed by atoms with Gasteiger partial charge in [-0.2, -0.15) is 0 Å². The molecule has 21 heavy (non-hydrogen) atoms. The number of nitrogens with zero attached hydrogens (tertiary/aromatic N) is 1. The van der Waals surface area contributed by atoms with Gasteiger partial charge in [0.15, 0.2) is 0 Å². The summed E-state index contributed by atoms with van der Waals surface area (Å²) in [5.74, 6) is 0.606. The topological polar surface area (TPSA) is 20.3 Å². The molecule has 2 nitrogen and oxygen atoms in total. The van der Waals surface area contributed by atoms with Crippen molar-refractivity contribution in [3.63, 3.8) is 0 Å². The fraction of sp³-hybridized carbons (Fsp3) is 0.812. The van der Waals surface area contributed by atoms with E-state index in [1.165, 1.54) is 5.57 Å². The third-order valence-electron chi connectivity index (χ3n) is 4.65. The van der Waals surface area contributed by atoms with Gasteiger partial charge < -0.3 is 4.90 Å². The molecule has 0 heterocycles. The number of halogens is 3. The van der Waals surface area contributed by atoms with Crippen LogP contribution in [0.5, 0.6) is 0 Å². The van der Waals surface area contributed by atoms with E-state index in [0.717, 1.165) is 31.4 Å². The largest absolute Gasteiger partial charge is 0.312 e. The summed E-state index contributed by atoms with van der Waals surface area (Å²) in [7, 11) is 0. The van der Waals surface area contributed by atoms with Gasteiger partial charge >= 0.3 is 0 Å². The number of hydrogen-bond donors (Lipinski definition) is 0. The smallest absolute Gasteiger partial charge is 0.278 e. The lowest BCUT2D eigenvalue weighted by Gasteiger charge is -2.41. The molecule has 0 aromatic heterocycles. The second-order valence-electron chi connectivity index (χ2n) is 7.43. The van der Waals surface area contributed by atoms with E-state index in [4.69, 9.17) is 34.8 Å². The zero-order valence-electron chi connectivity index (χ0n) is 13.2. The monoisotopic (exact) mass is 351 g/mol. The van der Waals surface area contributed by atoms with Gasteiger partial charge in [-0.05, 0) is 49.9 Å². The Bertz CT molecular complexity index is 461. The highest BCUT2D eigenvalue weighted by atomic mass is 35.6. The van der Waals surface area contributed by atoms with Crippen LogP contribution in [0.25, 0.3) is 0 Å². The first kappa shape index (κ1) is 17.4. The van der Waals surface area contributed by atoms with E-state index in [9.17, 15) is 4.79 Å². The molecule has 2 aliphatic rings. The molecule has 0 bridgehead atoms. The molecule has 5 heteroatoms. The third kappa shape index (κ3) is 4.30. The summed E-state index contributed by atoms with van der Waals surface area (Å²) >= 11 is 17.6. The van der Waals surface area contributed by atoms with Crippen LogP contribution in [0.15, 0.2) is 11.3 Å². The summed E-state index contributed by atoms with van der Waals surface area (Å²) in [5, 5.41) is 0. The SMILES string of the molecule is CC1=C(N(CC2CC2)C(=O)C(Cl)(Cl)Cl)CC(C)(C)CC1C. The number of hydrogen-bond acceptors (Lipinski definition) is 1. The summed E-state index contributed by atoms with van der Waals surface area (Å²) in [6.45, 7) is 9.49. The Labute approximate surface area is 142 Å². The number of carbonyl (C=O) groups excluding carboxylic acids is 1. The minimum atomic E-state index is -1.88. The number of amides is 1. The van der Waals surface area contributed by atoms with Gasteiger partial charge in [0.2, 0.25) is 0 Å². The van der Waals surface area contributed by atoms with Gasteiger partial charge in [-0.1, -0.05) is 61.1 Å². The van der Waals surface area contributed by atoms with E-state index >= 15 is 0 Å². The maximum absolute atomic E-state index is 12.6. The molecule has 0 aliphatic heterocycles. The summed E-state index contributed by atoms with van der Waals surface area (Å²) in [5.41, 5.74) is 2.50. The van der Waals surface area contributed by atoms with Gasteiger partial charge in [-0.3, -0.25) is 4.79 Å². The Morgan fingerprint density at radius 3 is 2.38 bits per heavy atom. The van der Waals surface area contributed by atoms with Crippen molar-refractivity contribution in [2.24, 2.45) is 17.3 Å². The lowest BCUT2D eigenvalue weighted by molar-refractivity contribution is -0.129. The molecule has 1 amide bonds. The standard InChI is InChI=1S/C16H24Cl3NO/c1-10-7-15(3,4)8-13(11(10)2)20(9-12-5-6-12)14(21)16(17,18)19/h10,12H,5-9H2,1-4H3. The van der Waals surface area contributed by atoms with Gasteiger partial charge in [0.05, 0.1) is 0 Å². The van der Waals surface area contributed by atoms with Crippen LogP contribution in [0.3, 0.4) is 0 Å². The highest BCUT2D eigenvalue weighted by molar-refractivity contribution is 6.76. The van der Waals surface area contributed by atoms with Gasteiger partial charge in [0.25, 0.3) is 9.70 Å². The zero-order valence-corrected chi connectivity index (χ0v) is 15.4. The number of carbonyl (C=O) groups is 1. The highest BCUT2D eigenvalue weighted by Gasteiger charge is 2.42. The van der Waals surface area contributed by atoms with Gasteiger partial charge in [-0.25, -0.2) is 0 Å². The Kier molecular flexibility index (Phi) is 4.93. The van der Waals surface area contributed by atoms with Gasteiger partial charge in [0.1, 0.15) is 0 Å². The van der Waals surface area contributed by atoms with E-state index in [0.29, 0.717) is 18.4 Å². The van der Waals surface area contributed by atoms with Crippen LogP contribution in [-0.2, 0) is 4.79 Å². The molecule has 0 saturated heterocycles. The van der Waals surface area contributed by atoms with Gasteiger partial charge in [0, 0.05) is 12.2 Å². The van der Waals surface area contributed by atoms with Crippen molar-refractivity contribution >= 4 is 40.7 Å². The Morgan fingerprint density at radius 1 is 1.33 bits per heavy atom. The van der Waals surface area contributed by atoms with Crippen LogP contribution in [0.2, 0.25) is 0 Å². The van der Waals surface area contributed by atoms with Crippen molar-refractivity contribution in [1.82, 2.24) is 4.90 Å². The minimum Gasteiger partial charge on any atom is -0.312 e. The molecule has 0 aromatic rings. The number of rotatable bonds is 3. The van der Waals surface area contributed by atoms with Crippen molar-refractivity contribution in [2.45, 2.75) is 57.2 Å². The van der Waals surface area contributed by atoms with Crippen molar-refractivity contribution < 1.29 is 4.79 Å². The second kappa shape index (κ2) is 5.94. The Balaban J connectivity index is 2.34. The van der Waals surface area contributed by atoms with Crippen LogP contribution in [-0.4, -0.2) is 21.1 Å². The summed E-state index contributed by atoms with van der Waals surface area (Å²) in [4.78, 5) is 14.3. The summed E-state index contributed by atoms with van der Waals surface area (Å²) in [6.07, 6.45) is 4.31. The number of allylic oxidation sites excluding steroid dienone is 2. The van der Waals surface area contributed by atoms with E-state index in [1.807, 2.05) is 0 Å². The van der Waals surface area contributed by atoms with Crippen LogP contribution in [0, 0.1) is 17.3 Å². The number of alkyl halides is 3. The molecule has 0 aromatic carbocycles. The fourth-order valence-corrected chi connectivity index (χ4v) is 3.57. The quantitative estimate of drug-likeness (QED) is 0.629. The predicted octanol–water partition coefficient (Wildman–Crippen LogP) is 5.33. The molecule has 2 rings (SSSR count). The molecule has 0 spiro atoms. The van der Waals surface area contributed by atoms with Crippen molar-refractivity contribution in [1.29, 1.82) is 0 Å². The molecule has 0 N–H and O–H groups in total. The first-order chi connectivity index (χ1) is 9.51. The fourth-order valence-electron chi connectivity index (χ4n) is 3.27. The molecule has 120 valence electrons. The molecule has 1 fully saturated rings. The summed E-state index contributed by atoms with van der Waals surface area (Å²) in [6, 6.07) is 0. The van der Waals surface area contributed by atoms with E-state index in [-0.39, 0.29) is 5.41 Å². The average molecular weight is 353 g/mol. The molecule has 1 atom stereocenters.